The van der Waals surface area contributed by atoms with Gasteiger partial charge in [-0.25, -0.2) is 0 Å². The highest BCUT2D eigenvalue weighted by molar-refractivity contribution is 7.98. The molecule has 0 unspecified atom stereocenters. The number of nitrogens with zero attached hydrogens (tertiary/aromatic N) is 3. The van der Waals surface area contributed by atoms with Gasteiger partial charge < -0.3 is 4.42 Å². The maximum absolute atomic E-state index is 5.48. The molecule has 0 spiro atoms. The molecular formula is C13H17N3OS. The lowest BCUT2D eigenvalue weighted by Gasteiger charge is -2.24. The van der Waals surface area contributed by atoms with Crippen LogP contribution in [-0.2, 0) is 0 Å². The number of aromatic nitrogens is 3. The molecule has 96 valence electrons. The van der Waals surface area contributed by atoms with Crippen LogP contribution in [0.25, 0.3) is 11.6 Å². The summed E-state index contributed by atoms with van der Waals surface area (Å²) in [5.74, 6) is 1.68. The minimum atomic E-state index is 0.524. The van der Waals surface area contributed by atoms with E-state index in [1.807, 2.05) is 12.1 Å². The second kappa shape index (κ2) is 5.18. The zero-order chi connectivity index (χ0) is 12.4. The third-order valence-corrected chi connectivity index (χ3v) is 4.17. The summed E-state index contributed by atoms with van der Waals surface area (Å²) < 4.78 is 7.74. The standard InChI is InChI=1S/C13H17N3OS/c1-18-13-15-14-12(11-8-5-9-17-11)16(13)10-6-3-2-4-7-10/h5,8-10H,2-4,6-7H2,1H3. The smallest absolute Gasteiger partial charge is 0.200 e. The number of thioether (sulfide) groups is 1. The summed E-state index contributed by atoms with van der Waals surface area (Å²) in [6, 6.07) is 4.37. The quantitative estimate of drug-likeness (QED) is 0.791. The fourth-order valence-electron chi connectivity index (χ4n) is 2.66. The van der Waals surface area contributed by atoms with Gasteiger partial charge in [0.1, 0.15) is 0 Å². The van der Waals surface area contributed by atoms with Crippen LogP contribution in [0.2, 0.25) is 0 Å². The molecule has 1 fully saturated rings. The molecule has 0 aromatic carbocycles. The fourth-order valence-corrected chi connectivity index (χ4v) is 3.21. The first-order valence-electron chi connectivity index (χ1n) is 6.43. The molecule has 2 heterocycles. The zero-order valence-electron chi connectivity index (χ0n) is 10.5. The van der Waals surface area contributed by atoms with Gasteiger partial charge in [-0.1, -0.05) is 31.0 Å². The summed E-state index contributed by atoms with van der Waals surface area (Å²) in [6.45, 7) is 0. The first kappa shape index (κ1) is 11.8. The van der Waals surface area contributed by atoms with Crippen molar-refractivity contribution in [1.29, 1.82) is 0 Å². The zero-order valence-corrected chi connectivity index (χ0v) is 11.3. The summed E-state index contributed by atoms with van der Waals surface area (Å²) in [6.07, 6.45) is 10.1. The van der Waals surface area contributed by atoms with Crippen LogP contribution in [0.5, 0.6) is 0 Å². The summed E-state index contributed by atoms with van der Waals surface area (Å²) in [4.78, 5) is 0. The van der Waals surface area contributed by atoms with Gasteiger partial charge in [0.25, 0.3) is 0 Å². The van der Waals surface area contributed by atoms with E-state index >= 15 is 0 Å². The molecule has 3 rings (SSSR count). The van der Waals surface area contributed by atoms with Gasteiger partial charge in [0.2, 0.25) is 5.82 Å². The van der Waals surface area contributed by atoms with Gasteiger partial charge in [-0.05, 0) is 31.2 Å². The van der Waals surface area contributed by atoms with Crippen LogP contribution < -0.4 is 0 Å². The molecule has 0 atom stereocenters. The third kappa shape index (κ3) is 2.07. The number of rotatable bonds is 3. The first-order valence-corrected chi connectivity index (χ1v) is 7.65. The Morgan fingerprint density at radius 1 is 1.28 bits per heavy atom. The van der Waals surface area contributed by atoms with Gasteiger partial charge in [0.15, 0.2) is 10.9 Å². The molecule has 2 aromatic rings. The van der Waals surface area contributed by atoms with Gasteiger partial charge in [-0.15, -0.1) is 10.2 Å². The molecule has 0 bridgehead atoms. The van der Waals surface area contributed by atoms with E-state index in [1.54, 1.807) is 18.0 Å². The average Bonchev–Trinajstić information content (AvgIpc) is 3.08. The van der Waals surface area contributed by atoms with E-state index in [4.69, 9.17) is 4.42 Å². The summed E-state index contributed by atoms with van der Waals surface area (Å²) in [5.41, 5.74) is 0. The normalized spacial score (nSPS) is 17.2. The van der Waals surface area contributed by atoms with Crippen molar-refractivity contribution in [3.8, 4) is 11.6 Å². The Morgan fingerprint density at radius 3 is 2.78 bits per heavy atom. The second-order valence-electron chi connectivity index (χ2n) is 4.65. The van der Waals surface area contributed by atoms with Crippen LogP contribution in [0.3, 0.4) is 0 Å². The monoisotopic (exact) mass is 263 g/mol. The van der Waals surface area contributed by atoms with E-state index in [1.165, 1.54) is 32.1 Å². The average molecular weight is 263 g/mol. The van der Waals surface area contributed by atoms with Crippen molar-refractivity contribution >= 4 is 11.8 Å². The highest BCUT2D eigenvalue weighted by atomic mass is 32.2. The van der Waals surface area contributed by atoms with E-state index in [0.717, 1.165) is 16.7 Å². The van der Waals surface area contributed by atoms with Crippen LogP contribution in [0.4, 0.5) is 0 Å². The number of furan rings is 1. The van der Waals surface area contributed by atoms with Gasteiger partial charge >= 0.3 is 0 Å². The Morgan fingerprint density at radius 2 is 2.11 bits per heavy atom. The molecule has 0 radical (unpaired) electrons. The highest BCUT2D eigenvalue weighted by Gasteiger charge is 2.24. The maximum Gasteiger partial charge on any atom is 0.200 e. The Labute approximate surface area is 111 Å². The highest BCUT2D eigenvalue weighted by Crippen LogP contribution is 2.34. The number of hydrogen-bond donors (Lipinski definition) is 0. The molecule has 1 aliphatic rings. The van der Waals surface area contributed by atoms with Crippen molar-refractivity contribution in [2.24, 2.45) is 0 Å². The molecule has 0 saturated heterocycles. The van der Waals surface area contributed by atoms with Gasteiger partial charge in [-0.2, -0.15) is 0 Å². The van der Waals surface area contributed by atoms with Crippen LogP contribution in [0.1, 0.15) is 38.1 Å². The van der Waals surface area contributed by atoms with Crippen LogP contribution >= 0.6 is 11.8 Å². The molecular weight excluding hydrogens is 246 g/mol. The molecule has 0 aliphatic heterocycles. The minimum Gasteiger partial charge on any atom is -0.461 e. The number of hydrogen-bond acceptors (Lipinski definition) is 4. The Bertz CT molecular complexity index is 500. The SMILES string of the molecule is CSc1nnc(-c2ccco2)n1C1CCCCC1. The van der Waals surface area contributed by atoms with Crippen molar-refractivity contribution in [3.63, 3.8) is 0 Å². The molecule has 18 heavy (non-hydrogen) atoms. The topological polar surface area (TPSA) is 43.9 Å². The Balaban J connectivity index is 2.01. The predicted molar refractivity (Wildman–Crippen MR) is 71.6 cm³/mol. The first-order chi connectivity index (χ1) is 8.90. The van der Waals surface area contributed by atoms with Crippen LogP contribution in [0, 0.1) is 0 Å². The van der Waals surface area contributed by atoms with E-state index < -0.39 is 0 Å². The van der Waals surface area contributed by atoms with Crippen molar-refractivity contribution < 1.29 is 4.42 Å². The van der Waals surface area contributed by atoms with Crippen molar-refractivity contribution in [3.05, 3.63) is 18.4 Å². The van der Waals surface area contributed by atoms with Crippen molar-refractivity contribution in [2.45, 2.75) is 43.3 Å². The van der Waals surface area contributed by atoms with E-state index in [2.05, 4.69) is 21.0 Å². The summed E-state index contributed by atoms with van der Waals surface area (Å²) in [7, 11) is 0. The third-order valence-electron chi connectivity index (χ3n) is 3.53. The van der Waals surface area contributed by atoms with Crippen molar-refractivity contribution in [2.75, 3.05) is 6.26 Å². The minimum absolute atomic E-state index is 0.524. The molecule has 1 saturated carbocycles. The molecule has 0 amide bonds. The predicted octanol–water partition coefficient (Wildman–Crippen LogP) is 3.77. The molecule has 4 nitrogen and oxygen atoms in total. The van der Waals surface area contributed by atoms with Gasteiger partial charge in [0.05, 0.1) is 6.26 Å². The summed E-state index contributed by atoms with van der Waals surface area (Å²) in [5, 5.41) is 9.58. The second-order valence-corrected chi connectivity index (χ2v) is 5.42. The Hall–Kier alpha value is -1.23. The largest absolute Gasteiger partial charge is 0.461 e. The van der Waals surface area contributed by atoms with E-state index in [9.17, 15) is 0 Å². The lowest BCUT2D eigenvalue weighted by atomic mass is 9.95. The molecule has 0 N–H and O–H groups in total. The summed E-state index contributed by atoms with van der Waals surface area (Å²) >= 11 is 1.65. The lowest BCUT2D eigenvalue weighted by molar-refractivity contribution is 0.337. The lowest BCUT2D eigenvalue weighted by Crippen LogP contribution is -2.14. The van der Waals surface area contributed by atoms with E-state index in [-0.39, 0.29) is 0 Å². The van der Waals surface area contributed by atoms with Crippen LogP contribution in [-0.4, -0.2) is 21.0 Å². The fraction of sp³-hybridized carbons (Fsp3) is 0.538. The van der Waals surface area contributed by atoms with Crippen molar-refractivity contribution in [1.82, 2.24) is 14.8 Å². The van der Waals surface area contributed by atoms with Gasteiger partial charge in [0, 0.05) is 6.04 Å². The molecule has 2 aromatic heterocycles. The van der Waals surface area contributed by atoms with Crippen LogP contribution in [0.15, 0.2) is 28.0 Å². The Kier molecular flexibility index (Phi) is 3.41. The van der Waals surface area contributed by atoms with Gasteiger partial charge in [-0.3, -0.25) is 4.57 Å². The maximum atomic E-state index is 5.48. The van der Waals surface area contributed by atoms with E-state index in [0.29, 0.717) is 6.04 Å². The molecule has 5 heteroatoms. The molecule has 1 aliphatic carbocycles.